The molecule has 5 N–H and O–H groups in total. The lowest BCUT2D eigenvalue weighted by molar-refractivity contribution is -0.131. The molecule has 5 heteroatoms. The molecule has 1 atom stereocenters. The first-order chi connectivity index (χ1) is 8.45. The fourth-order valence-corrected chi connectivity index (χ4v) is 2.50. The van der Waals surface area contributed by atoms with E-state index in [9.17, 15) is 9.59 Å². The minimum atomic E-state index is -0.565. The smallest absolute Gasteiger partial charge is 0.240 e. The second-order valence-electron chi connectivity index (χ2n) is 5.59. The molecule has 104 valence electrons. The van der Waals surface area contributed by atoms with Crippen LogP contribution in [0.1, 0.15) is 39.5 Å². The Morgan fingerprint density at radius 2 is 1.78 bits per heavy atom. The van der Waals surface area contributed by atoms with Crippen LogP contribution >= 0.6 is 0 Å². The average Bonchev–Trinajstić information content (AvgIpc) is 2.35. The van der Waals surface area contributed by atoms with E-state index in [1.54, 1.807) is 0 Å². The van der Waals surface area contributed by atoms with Crippen molar-refractivity contribution in [1.29, 1.82) is 0 Å². The van der Waals surface area contributed by atoms with Gasteiger partial charge in [0, 0.05) is 5.92 Å². The molecule has 1 aliphatic carbocycles. The molecule has 0 aliphatic heterocycles. The van der Waals surface area contributed by atoms with Crippen molar-refractivity contribution < 1.29 is 9.59 Å². The van der Waals surface area contributed by atoms with Gasteiger partial charge in [0.25, 0.3) is 0 Å². The second-order valence-corrected chi connectivity index (χ2v) is 5.59. The summed E-state index contributed by atoms with van der Waals surface area (Å²) in [6.45, 7) is 4.45. The van der Waals surface area contributed by atoms with Crippen LogP contribution in [0.25, 0.3) is 0 Å². The Labute approximate surface area is 109 Å². The summed E-state index contributed by atoms with van der Waals surface area (Å²) in [5.41, 5.74) is 10.9. The summed E-state index contributed by atoms with van der Waals surface area (Å²) in [7, 11) is 0. The van der Waals surface area contributed by atoms with Crippen LogP contribution < -0.4 is 16.8 Å². The van der Waals surface area contributed by atoms with Crippen LogP contribution in [0.2, 0.25) is 0 Å². The van der Waals surface area contributed by atoms with Crippen molar-refractivity contribution in [3.8, 4) is 0 Å². The summed E-state index contributed by atoms with van der Waals surface area (Å²) in [4.78, 5) is 23.3. The average molecular weight is 255 g/mol. The standard InChI is InChI=1S/C13H25N3O2/c1-8(2)11(12(15)17)16-13(18)10-5-3-9(7-14)4-6-10/h8-11H,3-7,14H2,1-2H3,(H2,15,17)(H,16,18). The van der Waals surface area contributed by atoms with Gasteiger partial charge >= 0.3 is 0 Å². The van der Waals surface area contributed by atoms with E-state index in [1.165, 1.54) is 0 Å². The molecule has 0 aromatic rings. The highest BCUT2D eigenvalue weighted by Gasteiger charge is 2.29. The fraction of sp³-hybridized carbons (Fsp3) is 0.846. The molecule has 0 spiro atoms. The van der Waals surface area contributed by atoms with Gasteiger partial charge in [-0.15, -0.1) is 0 Å². The van der Waals surface area contributed by atoms with E-state index in [0.717, 1.165) is 25.7 Å². The molecule has 0 bridgehead atoms. The van der Waals surface area contributed by atoms with Gasteiger partial charge in [-0.05, 0) is 44.1 Å². The van der Waals surface area contributed by atoms with Crippen LogP contribution in [0.15, 0.2) is 0 Å². The number of nitrogens with two attached hydrogens (primary N) is 2. The molecular formula is C13H25N3O2. The summed E-state index contributed by atoms with van der Waals surface area (Å²) >= 11 is 0. The maximum atomic E-state index is 12.1. The van der Waals surface area contributed by atoms with Crippen LogP contribution in [-0.4, -0.2) is 24.4 Å². The Morgan fingerprint density at radius 3 is 2.17 bits per heavy atom. The fourth-order valence-electron chi connectivity index (χ4n) is 2.50. The largest absolute Gasteiger partial charge is 0.368 e. The number of rotatable bonds is 5. The molecule has 0 aromatic heterocycles. The van der Waals surface area contributed by atoms with E-state index >= 15 is 0 Å². The quantitative estimate of drug-likeness (QED) is 0.662. The predicted molar refractivity (Wildman–Crippen MR) is 70.5 cm³/mol. The van der Waals surface area contributed by atoms with Crippen molar-refractivity contribution in [3.05, 3.63) is 0 Å². The minimum absolute atomic E-state index is 0.00778. The number of primary amides is 1. The lowest BCUT2D eigenvalue weighted by atomic mass is 9.81. The monoisotopic (exact) mass is 255 g/mol. The van der Waals surface area contributed by atoms with Gasteiger partial charge in [-0.1, -0.05) is 13.8 Å². The first-order valence-electron chi connectivity index (χ1n) is 6.75. The lowest BCUT2D eigenvalue weighted by Gasteiger charge is -2.28. The second kappa shape index (κ2) is 6.73. The van der Waals surface area contributed by atoms with E-state index in [1.807, 2.05) is 13.8 Å². The SMILES string of the molecule is CC(C)C(NC(=O)C1CCC(CN)CC1)C(N)=O. The molecule has 1 rings (SSSR count). The van der Waals surface area contributed by atoms with Crippen LogP contribution in [0.5, 0.6) is 0 Å². The normalized spacial score (nSPS) is 25.8. The van der Waals surface area contributed by atoms with E-state index in [4.69, 9.17) is 11.5 Å². The number of amides is 2. The highest BCUT2D eigenvalue weighted by atomic mass is 16.2. The van der Waals surface area contributed by atoms with Crippen LogP contribution in [0.4, 0.5) is 0 Å². The van der Waals surface area contributed by atoms with E-state index in [-0.39, 0.29) is 17.7 Å². The first kappa shape index (κ1) is 15.0. The van der Waals surface area contributed by atoms with Crippen molar-refractivity contribution in [1.82, 2.24) is 5.32 Å². The molecule has 0 aromatic carbocycles. The maximum absolute atomic E-state index is 12.1. The van der Waals surface area contributed by atoms with Crippen LogP contribution in [0, 0.1) is 17.8 Å². The van der Waals surface area contributed by atoms with Gasteiger partial charge in [-0.25, -0.2) is 0 Å². The summed E-state index contributed by atoms with van der Waals surface area (Å²) < 4.78 is 0. The molecule has 2 amide bonds. The maximum Gasteiger partial charge on any atom is 0.240 e. The number of hydrogen-bond donors (Lipinski definition) is 3. The van der Waals surface area contributed by atoms with Crippen LogP contribution in [0.3, 0.4) is 0 Å². The van der Waals surface area contributed by atoms with Gasteiger partial charge in [-0.2, -0.15) is 0 Å². The summed E-state index contributed by atoms with van der Waals surface area (Å²) in [6, 6.07) is -0.565. The highest BCUT2D eigenvalue weighted by molar-refractivity contribution is 5.87. The number of nitrogens with one attached hydrogen (secondary N) is 1. The van der Waals surface area contributed by atoms with Crippen molar-refractivity contribution in [2.45, 2.75) is 45.6 Å². The third-order valence-electron chi connectivity index (χ3n) is 3.82. The van der Waals surface area contributed by atoms with Gasteiger partial charge < -0.3 is 16.8 Å². The zero-order valence-electron chi connectivity index (χ0n) is 11.3. The van der Waals surface area contributed by atoms with E-state index in [2.05, 4.69) is 5.32 Å². The van der Waals surface area contributed by atoms with Gasteiger partial charge in [0.2, 0.25) is 11.8 Å². The Balaban J connectivity index is 2.48. The van der Waals surface area contributed by atoms with E-state index in [0.29, 0.717) is 12.5 Å². The zero-order valence-corrected chi connectivity index (χ0v) is 11.3. The van der Waals surface area contributed by atoms with Crippen molar-refractivity contribution >= 4 is 11.8 Å². The third-order valence-corrected chi connectivity index (χ3v) is 3.82. The summed E-state index contributed by atoms with van der Waals surface area (Å²) in [6.07, 6.45) is 3.71. The Hall–Kier alpha value is -1.10. The summed E-state index contributed by atoms with van der Waals surface area (Å²) in [5.74, 6) is 0.0725. The minimum Gasteiger partial charge on any atom is -0.368 e. The number of carbonyl (C=O) groups excluding carboxylic acids is 2. The van der Waals surface area contributed by atoms with Crippen LogP contribution in [-0.2, 0) is 9.59 Å². The third kappa shape index (κ3) is 3.98. The van der Waals surface area contributed by atoms with Crippen molar-refractivity contribution in [2.24, 2.45) is 29.2 Å². The van der Waals surface area contributed by atoms with E-state index < -0.39 is 11.9 Å². The van der Waals surface area contributed by atoms with Crippen molar-refractivity contribution in [2.75, 3.05) is 6.54 Å². The van der Waals surface area contributed by atoms with Gasteiger partial charge in [0.15, 0.2) is 0 Å². The molecule has 5 nitrogen and oxygen atoms in total. The Morgan fingerprint density at radius 1 is 1.22 bits per heavy atom. The highest BCUT2D eigenvalue weighted by Crippen LogP contribution is 2.28. The predicted octanol–water partition coefficient (Wildman–Crippen LogP) is 0.378. The van der Waals surface area contributed by atoms with Gasteiger partial charge in [-0.3, -0.25) is 9.59 Å². The molecule has 0 radical (unpaired) electrons. The molecule has 1 aliphatic rings. The molecule has 0 saturated heterocycles. The molecular weight excluding hydrogens is 230 g/mol. The Kier molecular flexibility index (Phi) is 5.59. The zero-order chi connectivity index (χ0) is 13.7. The molecule has 0 heterocycles. The molecule has 1 unspecified atom stereocenters. The Bertz CT molecular complexity index is 297. The number of hydrogen-bond acceptors (Lipinski definition) is 3. The summed E-state index contributed by atoms with van der Waals surface area (Å²) in [5, 5.41) is 2.77. The first-order valence-corrected chi connectivity index (χ1v) is 6.75. The van der Waals surface area contributed by atoms with Gasteiger partial charge in [0.1, 0.15) is 6.04 Å². The van der Waals surface area contributed by atoms with Gasteiger partial charge in [0.05, 0.1) is 0 Å². The van der Waals surface area contributed by atoms with Crippen molar-refractivity contribution in [3.63, 3.8) is 0 Å². The molecule has 1 saturated carbocycles. The lowest BCUT2D eigenvalue weighted by Crippen LogP contribution is -2.49. The molecule has 18 heavy (non-hydrogen) atoms. The number of carbonyl (C=O) groups is 2. The molecule has 1 fully saturated rings. The topological polar surface area (TPSA) is 98.2 Å².